The summed E-state index contributed by atoms with van der Waals surface area (Å²) in [6, 6.07) is 3.76. The number of carbonyl (C=O) groups is 1. The molecule has 3 fully saturated rings. The van der Waals surface area contributed by atoms with Crippen molar-refractivity contribution in [3.8, 4) is 0 Å². The Labute approximate surface area is 105 Å². The molecule has 4 atom stereocenters. The van der Waals surface area contributed by atoms with Gasteiger partial charge in [0.2, 0.25) is 0 Å². The summed E-state index contributed by atoms with van der Waals surface area (Å²) >= 11 is 0. The summed E-state index contributed by atoms with van der Waals surface area (Å²) in [5, 5.41) is 12.5. The molecule has 0 radical (unpaired) electrons. The summed E-state index contributed by atoms with van der Waals surface area (Å²) in [5.74, 6) is 2.98. The van der Waals surface area contributed by atoms with Crippen LogP contribution in [0.2, 0.25) is 0 Å². The Morgan fingerprint density at radius 3 is 2.72 bits per heavy atom. The topological polar surface area (TPSA) is 62.2 Å². The largest absolute Gasteiger partial charge is 0.478 e. The van der Waals surface area contributed by atoms with Crippen molar-refractivity contribution >= 4 is 11.8 Å². The smallest absolute Gasteiger partial charge is 0.339 e. The molecule has 4 unspecified atom stereocenters. The van der Waals surface area contributed by atoms with Crippen LogP contribution in [0.25, 0.3) is 0 Å². The third-order valence-electron chi connectivity index (χ3n) is 5.08. The second kappa shape index (κ2) is 3.46. The van der Waals surface area contributed by atoms with Gasteiger partial charge in [0.25, 0.3) is 0 Å². The minimum Gasteiger partial charge on any atom is -0.478 e. The quantitative estimate of drug-likeness (QED) is 0.856. The SMILES string of the molecule is O=C(O)c1cccnc1NC1C2C3CCC(C3)C12. The Morgan fingerprint density at radius 2 is 2.06 bits per heavy atom. The molecule has 18 heavy (non-hydrogen) atoms. The standard InChI is InChI=1S/C14H16N2O2/c17-14(18)9-2-1-5-15-13(9)16-12-10-7-3-4-8(6-7)11(10)12/h1-2,5,7-8,10-12H,3-4,6H2,(H,15,16)(H,17,18). The molecule has 1 aromatic heterocycles. The van der Waals surface area contributed by atoms with Gasteiger partial charge in [-0.2, -0.15) is 0 Å². The highest BCUT2D eigenvalue weighted by Crippen LogP contribution is 2.66. The van der Waals surface area contributed by atoms with Crippen molar-refractivity contribution in [2.24, 2.45) is 23.7 Å². The van der Waals surface area contributed by atoms with Crippen molar-refractivity contribution in [1.29, 1.82) is 0 Å². The van der Waals surface area contributed by atoms with E-state index in [4.69, 9.17) is 5.11 Å². The molecule has 0 aliphatic heterocycles. The molecule has 0 aromatic carbocycles. The molecule has 4 rings (SSSR count). The van der Waals surface area contributed by atoms with E-state index in [-0.39, 0.29) is 5.56 Å². The molecule has 3 saturated carbocycles. The first kappa shape index (κ1) is 10.4. The molecule has 2 bridgehead atoms. The number of aromatic nitrogens is 1. The zero-order chi connectivity index (χ0) is 12.3. The Kier molecular flexibility index (Phi) is 1.99. The fraction of sp³-hybridized carbons (Fsp3) is 0.571. The van der Waals surface area contributed by atoms with E-state index in [9.17, 15) is 4.79 Å². The van der Waals surface area contributed by atoms with Gasteiger partial charge in [-0.25, -0.2) is 9.78 Å². The second-order valence-electron chi connectivity index (χ2n) is 5.86. The van der Waals surface area contributed by atoms with Gasteiger partial charge in [0, 0.05) is 12.2 Å². The third kappa shape index (κ3) is 1.32. The molecule has 94 valence electrons. The van der Waals surface area contributed by atoms with Gasteiger partial charge in [-0.1, -0.05) is 0 Å². The molecular weight excluding hydrogens is 228 g/mol. The summed E-state index contributed by atoms with van der Waals surface area (Å²) < 4.78 is 0. The minimum atomic E-state index is -0.903. The van der Waals surface area contributed by atoms with Crippen LogP contribution in [0.3, 0.4) is 0 Å². The van der Waals surface area contributed by atoms with Crippen molar-refractivity contribution in [1.82, 2.24) is 4.98 Å². The molecule has 1 aromatic rings. The number of carboxylic acids is 1. The van der Waals surface area contributed by atoms with Gasteiger partial charge in [0.15, 0.2) is 0 Å². The van der Waals surface area contributed by atoms with Crippen molar-refractivity contribution in [2.75, 3.05) is 5.32 Å². The van der Waals surface area contributed by atoms with Crippen LogP contribution in [0.1, 0.15) is 29.6 Å². The van der Waals surface area contributed by atoms with Crippen molar-refractivity contribution < 1.29 is 9.90 Å². The molecule has 4 heteroatoms. The number of hydrogen-bond donors (Lipinski definition) is 2. The molecular formula is C14H16N2O2. The van der Waals surface area contributed by atoms with E-state index in [0.717, 1.165) is 23.7 Å². The number of nitrogens with zero attached hydrogens (tertiary/aromatic N) is 1. The van der Waals surface area contributed by atoms with Crippen molar-refractivity contribution in [2.45, 2.75) is 25.3 Å². The van der Waals surface area contributed by atoms with Crippen molar-refractivity contribution in [3.05, 3.63) is 23.9 Å². The lowest BCUT2D eigenvalue weighted by molar-refractivity contribution is 0.0697. The Balaban J connectivity index is 1.55. The average molecular weight is 244 g/mol. The monoisotopic (exact) mass is 244 g/mol. The van der Waals surface area contributed by atoms with Crippen LogP contribution in [-0.4, -0.2) is 22.1 Å². The zero-order valence-electron chi connectivity index (χ0n) is 10.0. The van der Waals surface area contributed by atoms with Crippen LogP contribution < -0.4 is 5.32 Å². The van der Waals surface area contributed by atoms with Crippen LogP contribution >= 0.6 is 0 Å². The third-order valence-corrected chi connectivity index (χ3v) is 5.08. The Morgan fingerprint density at radius 1 is 1.33 bits per heavy atom. The summed E-state index contributed by atoms with van der Waals surface area (Å²) in [4.78, 5) is 15.3. The summed E-state index contributed by atoms with van der Waals surface area (Å²) in [5.41, 5.74) is 0.287. The highest BCUT2D eigenvalue weighted by molar-refractivity contribution is 5.93. The van der Waals surface area contributed by atoms with Crippen LogP contribution in [0.15, 0.2) is 18.3 Å². The number of aromatic carboxylic acids is 1. The highest BCUT2D eigenvalue weighted by atomic mass is 16.4. The molecule has 4 nitrogen and oxygen atoms in total. The summed E-state index contributed by atoms with van der Waals surface area (Å²) in [6.07, 6.45) is 5.80. The van der Waals surface area contributed by atoms with E-state index >= 15 is 0 Å². The Bertz CT molecular complexity index is 500. The maximum absolute atomic E-state index is 11.1. The average Bonchev–Trinajstić information content (AvgIpc) is 2.78. The lowest BCUT2D eigenvalue weighted by Crippen LogP contribution is -2.16. The molecule has 0 amide bonds. The first-order valence-corrected chi connectivity index (χ1v) is 6.70. The number of pyridine rings is 1. The number of nitrogens with one attached hydrogen (secondary N) is 1. The Hall–Kier alpha value is -1.58. The van der Waals surface area contributed by atoms with E-state index in [1.54, 1.807) is 18.3 Å². The van der Waals surface area contributed by atoms with Crippen LogP contribution in [0, 0.1) is 23.7 Å². The molecule has 2 N–H and O–H groups in total. The van der Waals surface area contributed by atoms with E-state index in [1.165, 1.54) is 19.3 Å². The molecule has 0 spiro atoms. The number of carboxylic acid groups (broad SMARTS) is 1. The van der Waals surface area contributed by atoms with Gasteiger partial charge in [-0.05, 0) is 55.1 Å². The van der Waals surface area contributed by atoms with E-state index < -0.39 is 5.97 Å². The van der Waals surface area contributed by atoms with Crippen LogP contribution in [-0.2, 0) is 0 Å². The summed E-state index contributed by atoms with van der Waals surface area (Å²) in [7, 11) is 0. The highest BCUT2D eigenvalue weighted by Gasteiger charge is 2.65. The van der Waals surface area contributed by atoms with Gasteiger partial charge >= 0.3 is 5.97 Å². The fourth-order valence-electron chi connectivity index (χ4n) is 4.37. The van der Waals surface area contributed by atoms with E-state index in [0.29, 0.717) is 11.9 Å². The molecule has 0 saturated heterocycles. The van der Waals surface area contributed by atoms with E-state index in [2.05, 4.69) is 10.3 Å². The predicted octanol–water partition coefficient (Wildman–Crippen LogP) is 2.24. The van der Waals surface area contributed by atoms with Crippen LogP contribution in [0.4, 0.5) is 5.82 Å². The van der Waals surface area contributed by atoms with Crippen molar-refractivity contribution in [3.63, 3.8) is 0 Å². The summed E-state index contributed by atoms with van der Waals surface area (Å²) in [6.45, 7) is 0. The van der Waals surface area contributed by atoms with Crippen LogP contribution in [0.5, 0.6) is 0 Å². The number of hydrogen-bond acceptors (Lipinski definition) is 3. The van der Waals surface area contributed by atoms with Gasteiger partial charge in [0.05, 0.1) is 0 Å². The number of anilines is 1. The first-order chi connectivity index (χ1) is 8.75. The normalized spacial score (nSPS) is 39.4. The lowest BCUT2D eigenvalue weighted by Gasteiger charge is -2.12. The van der Waals surface area contributed by atoms with Gasteiger partial charge in [-0.15, -0.1) is 0 Å². The van der Waals surface area contributed by atoms with Gasteiger partial charge in [0.1, 0.15) is 11.4 Å². The maximum Gasteiger partial charge on any atom is 0.339 e. The lowest BCUT2D eigenvalue weighted by atomic mass is 10.0. The maximum atomic E-state index is 11.1. The zero-order valence-corrected chi connectivity index (χ0v) is 10.0. The number of rotatable bonds is 3. The van der Waals surface area contributed by atoms with E-state index in [1.807, 2.05) is 0 Å². The predicted molar refractivity (Wildman–Crippen MR) is 66.4 cm³/mol. The molecule has 3 aliphatic carbocycles. The van der Waals surface area contributed by atoms with Gasteiger partial charge < -0.3 is 10.4 Å². The van der Waals surface area contributed by atoms with Gasteiger partial charge in [-0.3, -0.25) is 0 Å². The number of fused-ring (bicyclic) bond motifs is 5. The second-order valence-corrected chi connectivity index (χ2v) is 5.86. The fourth-order valence-corrected chi connectivity index (χ4v) is 4.37. The molecule has 1 heterocycles. The minimum absolute atomic E-state index is 0.287. The first-order valence-electron chi connectivity index (χ1n) is 6.70. The molecule has 3 aliphatic rings.